The molecule has 1 N–H and O–H groups in total. The van der Waals surface area contributed by atoms with Crippen LogP contribution in [0.5, 0.6) is 0 Å². The molecular formula is C37H72O. The SMILES string of the molecule is CC/C=C/CCCCCCCCC/C=C/CCCCCCCCCCCCCCCCCCCCCCO. The normalized spacial score (nSPS) is 11.9. The van der Waals surface area contributed by atoms with E-state index in [1.165, 1.54) is 193 Å². The quantitative estimate of drug-likeness (QED) is 0.0658. The average Bonchev–Trinajstić information content (AvgIpc) is 2.93. The zero-order valence-electron chi connectivity index (χ0n) is 26.4. The van der Waals surface area contributed by atoms with E-state index in [-0.39, 0.29) is 0 Å². The summed E-state index contributed by atoms with van der Waals surface area (Å²) in [6.07, 6.45) is 52.6. The van der Waals surface area contributed by atoms with Crippen LogP contribution in [-0.4, -0.2) is 11.7 Å². The summed E-state index contributed by atoms with van der Waals surface area (Å²) in [6, 6.07) is 0. The number of unbranched alkanes of at least 4 members (excludes halogenated alkanes) is 28. The smallest absolute Gasteiger partial charge is 0.0431 e. The first-order valence-electron chi connectivity index (χ1n) is 17.8. The predicted octanol–water partition coefficient (Wildman–Crippen LogP) is 13.2. The summed E-state index contributed by atoms with van der Waals surface area (Å²) in [6.45, 7) is 2.59. The summed E-state index contributed by atoms with van der Waals surface area (Å²) in [5.41, 5.74) is 0. The van der Waals surface area contributed by atoms with Crippen LogP contribution >= 0.6 is 0 Å². The fraction of sp³-hybridized carbons (Fsp3) is 0.892. The molecule has 0 aromatic heterocycles. The van der Waals surface area contributed by atoms with Gasteiger partial charge in [0.2, 0.25) is 0 Å². The van der Waals surface area contributed by atoms with Gasteiger partial charge in [-0.2, -0.15) is 0 Å². The topological polar surface area (TPSA) is 20.2 Å². The Hall–Kier alpha value is -0.560. The second kappa shape index (κ2) is 36.4. The number of allylic oxidation sites excluding steroid dienone is 4. The van der Waals surface area contributed by atoms with Crippen LogP contribution in [-0.2, 0) is 0 Å². The number of aliphatic hydroxyl groups is 1. The third kappa shape index (κ3) is 35.4. The van der Waals surface area contributed by atoms with Gasteiger partial charge >= 0.3 is 0 Å². The minimum Gasteiger partial charge on any atom is -0.396 e. The minimum absolute atomic E-state index is 0.372. The molecule has 0 amide bonds. The number of rotatable bonds is 33. The van der Waals surface area contributed by atoms with E-state index >= 15 is 0 Å². The van der Waals surface area contributed by atoms with Gasteiger partial charge in [-0.15, -0.1) is 0 Å². The zero-order chi connectivity index (χ0) is 27.5. The first kappa shape index (κ1) is 37.4. The standard InChI is InChI=1S/C37H72O/c1-2-3-4-5-6-7-8-9-10-11-12-13-14-15-16-17-18-19-20-21-22-23-24-25-26-27-28-29-30-31-32-33-34-35-36-37-38/h3-4,14-15,38H,2,5-13,16-37H2,1H3/b4-3+,15-14+. The highest BCUT2D eigenvalue weighted by atomic mass is 16.2. The highest BCUT2D eigenvalue weighted by Crippen LogP contribution is 2.15. The molecule has 0 aliphatic heterocycles. The second-order valence-corrected chi connectivity index (χ2v) is 12.0. The highest BCUT2D eigenvalue weighted by molar-refractivity contribution is 4.81. The maximum Gasteiger partial charge on any atom is 0.0431 e. The third-order valence-electron chi connectivity index (χ3n) is 8.09. The Morgan fingerprint density at radius 2 is 0.500 bits per heavy atom. The molecule has 0 atom stereocenters. The fourth-order valence-corrected chi connectivity index (χ4v) is 5.48. The molecule has 0 saturated heterocycles. The molecule has 0 aromatic carbocycles. The first-order valence-corrected chi connectivity index (χ1v) is 17.8. The van der Waals surface area contributed by atoms with Gasteiger partial charge in [-0.25, -0.2) is 0 Å². The summed E-state index contributed by atoms with van der Waals surface area (Å²) in [5, 5.41) is 8.78. The van der Waals surface area contributed by atoms with Gasteiger partial charge in [0.05, 0.1) is 0 Å². The number of aliphatic hydroxyl groups excluding tert-OH is 1. The van der Waals surface area contributed by atoms with Crippen molar-refractivity contribution in [2.75, 3.05) is 6.61 Å². The molecule has 0 radical (unpaired) electrons. The van der Waals surface area contributed by atoms with Gasteiger partial charge in [-0.1, -0.05) is 179 Å². The van der Waals surface area contributed by atoms with Gasteiger partial charge in [-0.05, 0) is 51.4 Å². The molecule has 38 heavy (non-hydrogen) atoms. The third-order valence-corrected chi connectivity index (χ3v) is 8.09. The fourth-order valence-electron chi connectivity index (χ4n) is 5.48. The number of hydrogen-bond donors (Lipinski definition) is 1. The van der Waals surface area contributed by atoms with E-state index in [1.54, 1.807) is 0 Å². The molecule has 226 valence electrons. The molecule has 0 fully saturated rings. The Balaban J connectivity index is 3.08. The monoisotopic (exact) mass is 533 g/mol. The van der Waals surface area contributed by atoms with Crippen LogP contribution in [0.1, 0.15) is 206 Å². The van der Waals surface area contributed by atoms with Crippen molar-refractivity contribution >= 4 is 0 Å². The summed E-state index contributed by atoms with van der Waals surface area (Å²) in [5.74, 6) is 0. The lowest BCUT2D eigenvalue weighted by Gasteiger charge is -2.04. The highest BCUT2D eigenvalue weighted by Gasteiger charge is 1.96. The molecular weight excluding hydrogens is 460 g/mol. The van der Waals surface area contributed by atoms with Gasteiger partial charge in [0.25, 0.3) is 0 Å². The largest absolute Gasteiger partial charge is 0.396 e. The Labute approximate surface area is 241 Å². The van der Waals surface area contributed by atoms with E-state index in [0.717, 1.165) is 6.42 Å². The van der Waals surface area contributed by atoms with E-state index in [0.29, 0.717) is 6.61 Å². The van der Waals surface area contributed by atoms with Crippen LogP contribution < -0.4 is 0 Å². The van der Waals surface area contributed by atoms with Gasteiger partial charge in [-0.3, -0.25) is 0 Å². The molecule has 0 rings (SSSR count). The van der Waals surface area contributed by atoms with E-state index in [9.17, 15) is 0 Å². The second-order valence-electron chi connectivity index (χ2n) is 12.0. The van der Waals surface area contributed by atoms with Crippen LogP contribution in [0.3, 0.4) is 0 Å². The molecule has 0 spiro atoms. The Kier molecular flexibility index (Phi) is 35.9. The van der Waals surface area contributed by atoms with E-state index < -0.39 is 0 Å². The maximum absolute atomic E-state index is 8.78. The molecule has 1 nitrogen and oxygen atoms in total. The molecule has 1 heteroatoms. The van der Waals surface area contributed by atoms with Crippen molar-refractivity contribution in [3.05, 3.63) is 24.3 Å². The van der Waals surface area contributed by atoms with Crippen LogP contribution in [0.25, 0.3) is 0 Å². The van der Waals surface area contributed by atoms with E-state index in [2.05, 4.69) is 31.2 Å². The van der Waals surface area contributed by atoms with Crippen molar-refractivity contribution in [2.24, 2.45) is 0 Å². The lowest BCUT2D eigenvalue weighted by atomic mass is 10.0. The Morgan fingerprint density at radius 3 is 0.737 bits per heavy atom. The van der Waals surface area contributed by atoms with Crippen molar-refractivity contribution in [1.82, 2.24) is 0 Å². The summed E-state index contributed by atoms with van der Waals surface area (Å²) >= 11 is 0. The van der Waals surface area contributed by atoms with Crippen LogP contribution in [0.4, 0.5) is 0 Å². The molecule has 0 saturated carbocycles. The predicted molar refractivity (Wildman–Crippen MR) is 174 cm³/mol. The maximum atomic E-state index is 8.78. The number of hydrogen-bond acceptors (Lipinski definition) is 1. The van der Waals surface area contributed by atoms with Crippen LogP contribution in [0, 0.1) is 0 Å². The van der Waals surface area contributed by atoms with Gasteiger partial charge in [0.1, 0.15) is 0 Å². The van der Waals surface area contributed by atoms with Crippen LogP contribution in [0.2, 0.25) is 0 Å². The van der Waals surface area contributed by atoms with E-state index in [1.807, 2.05) is 0 Å². The van der Waals surface area contributed by atoms with Crippen LogP contribution in [0.15, 0.2) is 24.3 Å². The van der Waals surface area contributed by atoms with Crippen molar-refractivity contribution in [1.29, 1.82) is 0 Å². The molecule has 0 unspecified atom stereocenters. The van der Waals surface area contributed by atoms with E-state index in [4.69, 9.17) is 5.11 Å². The van der Waals surface area contributed by atoms with Crippen molar-refractivity contribution < 1.29 is 5.11 Å². The summed E-state index contributed by atoms with van der Waals surface area (Å²) in [4.78, 5) is 0. The summed E-state index contributed by atoms with van der Waals surface area (Å²) < 4.78 is 0. The lowest BCUT2D eigenvalue weighted by Crippen LogP contribution is -1.85. The molecule has 0 bridgehead atoms. The van der Waals surface area contributed by atoms with Crippen molar-refractivity contribution in [3.8, 4) is 0 Å². The molecule has 0 aliphatic carbocycles. The van der Waals surface area contributed by atoms with Crippen molar-refractivity contribution in [3.63, 3.8) is 0 Å². The minimum atomic E-state index is 0.372. The zero-order valence-corrected chi connectivity index (χ0v) is 26.4. The summed E-state index contributed by atoms with van der Waals surface area (Å²) in [7, 11) is 0. The van der Waals surface area contributed by atoms with Crippen molar-refractivity contribution in [2.45, 2.75) is 206 Å². The van der Waals surface area contributed by atoms with Gasteiger partial charge in [0, 0.05) is 6.61 Å². The Bertz CT molecular complexity index is 452. The molecule has 0 aliphatic rings. The average molecular weight is 533 g/mol. The Morgan fingerprint density at radius 1 is 0.289 bits per heavy atom. The van der Waals surface area contributed by atoms with Gasteiger partial charge in [0.15, 0.2) is 0 Å². The lowest BCUT2D eigenvalue weighted by molar-refractivity contribution is 0.282. The van der Waals surface area contributed by atoms with Gasteiger partial charge < -0.3 is 5.11 Å². The first-order chi connectivity index (χ1) is 18.9. The molecule has 0 heterocycles. The molecule has 0 aromatic rings.